The maximum atomic E-state index is 13.6. The molecule has 4 aliphatic rings. The Labute approximate surface area is 241 Å². The van der Waals surface area contributed by atoms with Gasteiger partial charge in [-0.3, -0.25) is 22.7 Å². The first kappa shape index (κ1) is 32.2. The van der Waals surface area contributed by atoms with E-state index in [9.17, 15) is 41.4 Å². The molecule has 0 radical (unpaired) electrons. The third kappa shape index (κ3) is 5.33. The highest BCUT2D eigenvalue weighted by Crippen LogP contribution is 2.70. The minimum atomic E-state index is -4.24. The molecule has 4 aliphatic carbocycles. The zero-order valence-electron chi connectivity index (χ0n) is 24.2. The van der Waals surface area contributed by atoms with Crippen LogP contribution in [0, 0.1) is 34.5 Å². The van der Waals surface area contributed by atoms with E-state index in [-0.39, 0.29) is 37.0 Å². The number of aliphatic hydroxyl groups is 2. The molecule has 0 heterocycles. The fraction of sp³-hybridized carbons (Fsp3) is 0.815. The van der Waals surface area contributed by atoms with Gasteiger partial charge in [-0.15, -0.1) is 0 Å². The Kier molecular flexibility index (Phi) is 8.23. The van der Waals surface area contributed by atoms with Crippen LogP contribution in [0.3, 0.4) is 0 Å². The van der Waals surface area contributed by atoms with Crippen molar-refractivity contribution in [1.82, 2.24) is 0 Å². The minimum absolute atomic E-state index is 0.0440. The molecule has 3 fully saturated rings. The van der Waals surface area contributed by atoms with Crippen molar-refractivity contribution in [3.8, 4) is 0 Å². The zero-order chi connectivity index (χ0) is 30.9. The topological polar surface area (TPSA) is 188 Å². The van der Waals surface area contributed by atoms with Crippen LogP contribution in [0.5, 0.6) is 0 Å². The van der Waals surface area contributed by atoms with E-state index in [1.165, 1.54) is 6.08 Å². The van der Waals surface area contributed by atoms with E-state index in [1.54, 1.807) is 20.8 Å². The first-order chi connectivity index (χ1) is 18.7. The summed E-state index contributed by atoms with van der Waals surface area (Å²) in [6, 6.07) is 0. The number of esters is 1. The lowest BCUT2D eigenvalue weighted by molar-refractivity contribution is -0.207. The van der Waals surface area contributed by atoms with Crippen molar-refractivity contribution in [2.45, 2.75) is 83.7 Å². The summed E-state index contributed by atoms with van der Waals surface area (Å²) < 4.78 is 66.3. The highest BCUT2D eigenvalue weighted by Gasteiger charge is 2.74. The van der Waals surface area contributed by atoms with Gasteiger partial charge in [0.2, 0.25) is 5.78 Å². The van der Waals surface area contributed by atoms with E-state index in [2.05, 4.69) is 0 Å². The number of carbonyl (C=O) groups is 3. The lowest BCUT2D eigenvalue weighted by Crippen LogP contribution is -2.68. The number of Topliss-reactive ketones (excluding diaryl/α,β-unsaturated/α-hetero) is 1. The highest BCUT2D eigenvalue weighted by atomic mass is 32.2. The quantitative estimate of drug-likeness (QED) is 0.289. The maximum Gasteiger partial charge on any atom is 0.303 e. The molecule has 0 aromatic rings. The van der Waals surface area contributed by atoms with Crippen LogP contribution >= 0.6 is 0 Å². The van der Waals surface area contributed by atoms with Gasteiger partial charge in [0.25, 0.3) is 20.2 Å². The predicted molar refractivity (Wildman–Crippen MR) is 144 cm³/mol. The summed E-state index contributed by atoms with van der Waals surface area (Å²) in [5.74, 6) is -4.61. The van der Waals surface area contributed by atoms with Crippen LogP contribution in [-0.2, 0) is 47.7 Å². The van der Waals surface area contributed by atoms with E-state index in [0.717, 1.165) is 19.4 Å². The molecule has 0 amide bonds. The third-order valence-electron chi connectivity index (χ3n) is 10.2. The molecule has 0 saturated heterocycles. The van der Waals surface area contributed by atoms with Crippen LogP contribution in [0.25, 0.3) is 0 Å². The fourth-order valence-corrected chi connectivity index (χ4v) is 9.93. The Bertz CT molecular complexity index is 1370. The van der Waals surface area contributed by atoms with E-state index in [1.807, 2.05) is 0 Å². The fourth-order valence-electron chi connectivity index (χ4n) is 8.71. The summed E-state index contributed by atoms with van der Waals surface area (Å²) >= 11 is 0. The van der Waals surface area contributed by atoms with Gasteiger partial charge in [-0.05, 0) is 60.0 Å². The third-order valence-corrected chi connectivity index (χ3v) is 11.3. The zero-order valence-corrected chi connectivity index (χ0v) is 25.8. The van der Waals surface area contributed by atoms with Crippen LogP contribution in [-0.4, -0.2) is 87.6 Å². The van der Waals surface area contributed by atoms with Gasteiger partial charge in [-0.1, -0.05) is 27.2 Å². The molecule has 0 aliphatic heterocycles. The van der Waals surface area contributed by atoms with E-state index >= 15 is 0 Å². The number of hydrogen-bond donors (Lipinski definition) is 2. The Balaban J connectivity index is 1.95. The van der Waals surface area contributed by atoms with E-state index in [0.29, 0.717) is 6.42 Å². The second-order valence-corrected chi connectivity index (χ2v) is 15.9. The van der Waals surface area contributed by atoms with Gasteiger partial charge >= 0.3 is 5.97 Å². The molecule has 41 heavy (non-hydrogen) atoms. The molecule has 10 atom stereocenters. The highest BCUT2D eigenvalue weighted by molar-refractivity contribution is 7.86. The summed E-state index contributed by atoms with van der Waals surface area (Å²) in [6.07, 6.45) is -0.376. The molecule has 14 heteroatoms. The Morgan fingerprint density at radius 3 is 2.24 bits per heavy atom. The second-order valence-electron chi connectivity index (χ2n) is 12.7. The average molecular weight is 621 g/mol. The number of ketones is 2. The van der Waals surface area contributed by atoms with Crippen LogP contribution in [0.1, 0.15) is 59.8 Å². The lowest BCUT2D eigenvalue weighted by Gasteiger charge is -2.63. The molecule has 232 valence electrons. The van der Waals surface area contributed by atoms with Crippen molar-refractivity contribution >= 4 is 37.8 Å². The molecule has 0 aromatic carbocycles. The van der Waals surface area contributed by atoms with Gasteiger partial charge in [-0.2, -0.15) is 16.8 Å². The predicted octanol–water partition coefficient (Wildman–Crippen LogP) is 0.898. The number of fused-ring (bicyclic) bond motifs is 5. The van der Waals surface area contributed by atoms with Crippen LogP contribution in [0.15, 0.2) is 11.6 Å². The van der Waals surface area contributed by atoms with Crippen LogP contribution < -0.4 is 0 Å². The van der Waals surface area contributed by atoms with E-state index in [4.69, 9.17) is 13.1 Å². The SMILES string of the molecule is CCC1C[C@H]2[C@@H]3C(OS(C)(=O)=O)C(OS(C)(=O)=O)C4=CC(=O)CC[C@]4(C)[C@H]3C(O)C[C@]2(C)[C@@]1(O)C(=O)COC(C)=O. The summed E-state index contributed by atoms with van der Waals surface area (Å²) in [4.78, 5) is 37.6. The minimum Gasteiger partial charge on any atom is -0.458 e. The van der Waals surface area contributed by atoms with Gasteiger partial charge in [0.1, 0.15) is 17.8 Å². The monoisotopic (exact) mass is 620 g/mol. The van der Waals surface area contributed by atoms with Crippen molar-refractivity contribution in [2.75, 3.05) is 19.1 Å². The molecule has 0 spiro atoms. The van der Waals surface area contributed by atoms with Gasteiger partial charge in [-0.25, -0.2) is 0 Å². The molecule has 2 N–H and O–H groups in total. The molecule has 4 rings (SSSR count). The number of carbonyl (C=O) groups excluding carboxylic acids is 3. The largest absolute Gasteiger partial charge is 0.458 e. The maximum absolute atomic E-state index is 13.6. The smallest absolute Gasteiger partial charge is 0.303 e. The average Bonchev–Trinajstić information content (AvgIpc) is 3.05. The van der Waals surface area contributed by atoms with Gasteiger partial charge in [0.15, 0.2) is 12.4 Å². The van der Waals surface area contributed by atoms with Crippen molar-refractivity contribution in [1.29, 1.82) is 0 Å². The molecule has 3 saturated carbocycles. The molecule has 0 bridgehead atoms. The number of rotatable bonds is 8. The summed E-state index contributed by atoms with van der Waals surface area (Å²) in [5, 5.41) is 24.0. The molecule has 0 aromatic heterocycles. The standard InChI is InChI=1S/C27H40O12S2/c1-7-15-10-17-21-22(19(30)12-26(17,4)27(15,32)20(31)13-37-14(2)28)25(3)9-8-16(29)11-18(25)23(38-40(5,33)34)24(21)39-41(6,35)36/h11,15,17,19,21-24,30,32H,7-10,12-13H2,1-6H3/t15?,17-,19?,21-,22-,23?,24?,25-,26-,27-/m0/s1. The Morgan fingerprint density at radius 2 is 1.71 bits per heavy atom. The van der Waals surface area contributed by atoms with Gasteiger partial charge in [0.05, 0.1) is 18.6 Å². The molecule has 12 nitrogen and oxygen atoms in total. The number of aliphatic hydroxyl groups excluding tert-OH is 1. The first-order valence-corrected chi connectivity index (χ1v) is 17.4. The van der Waals surface area contributed by atoms with Gasteiger partial charge < -0.3 is 14.9 Å². The van der Waals surface area contributed by atoms with E-state index < -0.39 is 97.0 Å². The lowest BCUT2D eigenvalue weighted by atomic mass is 9.44. The Hall–Kier alpha value is -1.71. The summed E-state index contributed by atoms with van der Waals surface area (Å²) in [5.41, 5.74) is -4.11. The van der Waals surface area contributed by atoms with Crippen LogP contribution in [0.4, 0.5) is 0 Å². The van der Waals surface area contributed by atoms with Gasteiger partial charge in [0, 0.05) is 18.8 Å². The normalized spacial score (nSPS) is 42.5. The van der Waals surface area contributed by atoms with Crippen molar-refractivity contribution in [3.05, 3.63) is 11.6 Å². The second kappa shape index (κ2) is 10.5. The molecular formula is C27H40O12S2. The summed E-state index contributed by atoms with van der Waals surface area (Å²) in [7, 11) is -8.44. The number of ether oxygens (including phenoxy) is 1. The van der Waals surface area contributed by atoms with Crippen LogP contribution in [0.2, 0.25) is 0 Å². The first-order valence-electron chi connectivity index (χ1n) is 13.8. The van der Waals surface area contributed by atoms with Crippen molar-refractivity contribution < 1.29 is 54.5 Å². The van der Waals surface area contributed by atoms with Crippen molar-refractivity contribution in [2.24, 2.45) is 34.5 Å². The molecular weight excluding hydrogens is 580 g/mol. The summed E-state index contributed by atoms with van der Waals surface area (Å²) in [6.45, 7) is 5.71. The van der Waals surface area contributed by atoms with Crippen molar-refractivity contribution in [3.63, 3.8) is 0 Å². The Morgan fingerprint density at radius 1 is 1.10 bits per heavy atom. The molecule has 4 unspecified atom stereocenters. The number of hydrogen-bond acceptors (Lipinski definition) is 12.